The number of aliphatic hydroxyl groups excluding tert-OH is 1. The molecule has 0 spiro atoms. The molecule has 0 aliphatic rings. The standard InChI is InChI=1S/C18H16FN3O2S/c19-15-3-1-13(2-4-15)18-14(9-21-22-18)8-20-17(24)6-5-16-7-12(10-23)11-25-16/h1-7,9,11,23H,8,10H2,(H,20,24)(H,21,22)/b6-5+. The van der Waals surface area contributed by atoms with Gasteiger partial charge in [0.2, 0.25) is 5.91 Å². The van der Waals surface area contributed by atoms with Crippen LogP contribution in [0.1, 0.15) is 16.0 Å². The fourth-order valence-corrected chi connectivity index (χ4v) is 3.07. The molecule has 0 radical (unpaired) electrons. The van der Waals surface area contributed by atoms with E-state index in [-0.39, 0.29) is 18.3 Å². The fraction of sp³-hybridized carbons (Fsp3) is 0.111. The Morgan fingerprint density at radius 2 is 2.16 bits per heavy atom. The monoisotopic (exact) mass is 357 g/mol. The molecule has 25 heavy (non-hydrogen) atoms. The van der Waals surface area contributed by atoms with Crippen molar-refractivity contribution in [3.8, 4) is 11.3 Å². The Kier molecular flexibility index (Phi) is 5.37. The number of carbonyl (C=O) groups is 1. The topological polar surface area (TPSA) is 78.0 Å². The molecule has 1 amide bonds. The molecular formula is C18H16FN3O2S. The van der Waals surface area contributed by atoms with Gasteiger partial charge in [-0.2, -0.15) is 5.10 Å². The van der Waals surface area contributed by atoms with E-state index in [1.54, 1.807) is 24.4 Å². The number of rotatable bonds is 6. The highest BCUT2D eigenvalue weighted by molar-refractivity contribution is 7.11. The number of hydrogen-bond donors (Lipinski definition) is 3. The first kappa shape index (κ1) is 17.1. The molecule has 0 fully saturated rings. The molecule has 7 heteroatoms. The summed E-state index contributed by atoms with van der Waals surface area (Å²) in [5.41, 5.74) is 3.18. The summed E-state index contributed by atoms with van der Waals surface area (Å²) in [5, 5.41) is 20.5. The van der Waals surface area contributed by atoms with Crippen molar-refractivity contribution in [2.45, 2.75) is 13.2 Å². The van der Waals surface area contributed by atoms with Crippen molar-refractivity contribution in [3.05, 3.63) is 69.8 Å². The molecule has 0 atom stereocenters. The summed E-state index contributed by atoms with van der Waals surface area (Å²) in [4.78, 5) is 12.9. The van der Waals surface area contributed by atoms with Gasteiger partial charge in [0.15, 0.2) is 0 Å². The molecule has 0 aliphatic carbocycles. The molecule has 3 rings (SSSR count). The third-order valence-electron chi connectivity index (χ3n) is 3.56. The number of benzene rings is 1. The van der Waals surface area contributed by atoms with Crippen molar-refractivity contribution in [2.75, 3.05) is 0 Å². The molecular weight excluding hydrogens is 341 g/mol. The van der Waals surface area contributed by atoms with E-state index in [1.165, 1.54) is 29.5 Å². The number of nitrogens with zero attached hydrogens (tertiary/aromatic N) is 1. The predicted octanol–water partition coefficient (Wildman–Crippen LogP) is 3.10. The summed E-state index contributed by atoms with van der Waals surface area (Å²) < 4.78 is 13.0. The molecule has 0 saturated heterocycles. The molecule has 0 unspecified atom stereocenters. The van der Waals surface area contributed by atoms with Crippen LogP contribution in [0.4, 0.5) is 4.39 Å². The lowest BCUT2D eigenvalue weighted by Crippen LogP contribution is -2.20. The van der Waals surface area contributed by atoms with Crippen LogP contribution in [0.2, 0.25) is 0 Å². The molecule has 5 nitrogen and oxygen atoms in total. The highest BCUT2D eigenvalue weighted by Gasteiger charge is 2.08. The van der Waals surface area contributed by atoms with Gasteiger partial charge in [0.1, 0.15) is 5.82 Å². The van der Waals surface area contributed by atoms with Gasteiger partial charge < -0.3 is 10.4 Å². The van der Waals surface area contributed by atoms with Gasteiger partial charge in [0, 0.05) is 28.6 Å². The van der Waals surface area contributed by atoms with Crippen LogP contribution < -0.4 is 5.32 Å². The third kappa shape index (κ3) is 4.40. The second-order valence-electron chi connectivity index (χ2n) is 5.34. The highest BCUT2D eigenvalue weighted by atomic mass is 32.1. The van der Waals surface area contributed by atoms with Gasteiger partial charge in [-0.25, -0.2) is 4.39 Å². The fourth-order valence-electron chi connectivity index (χ4n) is 2.28. The average molecular weight is 357 g/mol. The van der Waals surface area contributed by atoms with Crippen LogP contribution in [0, 0.1) is 5.82 Å². The second-order valence-corrected chi connectivity index (χ2v) is 6.29. The number of hydrogen-bond acceptors (Lipinski definition) is 4. The molecule has 0 saturated carbocycles. The number of carbonyl (C=O) groups excluding carboxylic acids is 1. The Labute approximate surface area is 147 Å². The van der Waals surface area contributed by atoms with Crippen molar-refractivity contribution >= 4 is 23.3 Å². The summed E-state index contributed by atoms with van der Waals surface area (Å²) in [6.45, 7) is 0.294. The minimum Gasteiger partial charge on any atom is -0.392 e. The maximum absolute atomic E-state index is 13.0. The quantitative estimate of drug-likeness (QED) is 0.593. The molecule has 2 aromatic heterocycles. The molecule has 3 aromatic rings. The van der Waals surface area contributed by atoms with Crippen molar-refractivity contribution in [1.29, 1.82) is 0 Å². The van der Waals surface area contributed by atoms with Crippen LogP contribution in [0.15, 0.2) is 48.0 Å². The summed E-state index contributed by atoms with van der Waals surface area (Å²) in [5.74, 6) is -0.536. The minimum absolute atomic E-state index is 0.0107. The van der Waals surface area contributed by atoms with E-state index in [9.17, 15) is 9.18 Å². The minimum atomic E-state index is -0.304. The van der Waals surface area contributed by atoms with Gasteiger partial charge in [-0.15, -0.1) is 11.3 Å². The molecule has 128 valence electrons. The lowest BCUT2D eigenvalue weighted by Gasteiger charge is -2.04. The third-order valence-corrected chi connectivity index (χ3v) is 4.51. The van der Waals surface area contributed by atoms with Gasteiger partial charge in [0.05, 0.1) is 18.5 Å². The maximum Gasteiger partial charge on any atom is 0.244 e. The number of aromatic amines is 1. The molecule has 2 heterocycles. The number of thiophene rings is 1. The molecule has 0 aliphatic heterocycles. The first-order valence-electron chi connectivity index (χ1n) is 7.58. The number of H-pyrrole nitrogens is 1. The normalized spacial score (nSPS) is 11.1. The number of nitrogens with one attached hydrogen (secondary N) is 2. The van der Waals surface area contributed by atoms with Gasteiger partial charge in [-0.05, 0) is 47.4 Å². The first-order chi connectivity index (χ1) is 12.2. The van der Waals surface area contributed by atoms with Gasteiger partial charge in [-0.1, -0.05) is 0 Å². The molecule has 3 N–H and O–H groups in total. The lowest BCUT2D eigenvalue weighted by molar-refractivity contribution is -0.116. The van der Waals surface area contributed by atoms with E-state index in [2.05, 4.69) is 15.5 Å². The summed E-state index contributed by atoms with van der Waals surface area (Å²) in [7, 11) is 0. The van der Waals surface area contributed by atoms with Gasteiger partial charge in [0.25, 0.3) is 0 Å². The van der Waals surface area contributed by atoms with E-state index in [4.69, 9.17) is 5.11 Å². The Bertz CT molecular complexity index is 884. The van der Waals surface area contributed by atoms with Crippen LogP contribution >= 0.6 is 11.3 Å². The van der Waals surface area contributed by atoms with Crippen molar-refractivity contribution in [1.82, 2.24) is 15.5 Å². The van der Waals surface area contributed by atoms with Crippen molar-refractivity contribution in [2.24, 2.45) is 0 Å². The Morgan fingerprint density at radius 3 is 2.88 bits per heavy atom. The van der Waals surface area contributed by atoms with Crippen molar-refractivity contribution < 1.29 is 14.3 Å². The zero-order valence-electron chi connectivity index (χ0n) is 13.2. The number of aromatic nitrogens is 2. The van der Waals surface area contributed by atoms with E-state index in [0.29, 0.717) is 6.54 Å². The Morgan fingerprint density at radius 1 is 1.36 bits per heavy atom. The van der Waals surface area contributed by atoms with E-state index in [1.807, 2.05) is 11.4 Å². The van der Waals surface area contributed by atoms with Crippen LogP contribution in [0.5, 0.6) is 0 Å². The van der Waals surface area contributed by atoms with Crippen LogP contribution in [0.25, 0.3) is 17.3 Å². The Hall–Kier alpha value is -2.77. The van der Waals surface area contributed by atoms with E-state index >= 15 is 0 Å². The lowest BCUT2D eigenvalue weighted by atomic mass is 10.1. The van der Waals surface area contributed by atoms with E-state index < -0.39 is 0 Å². The zero-order chi connectivity index (χ0) is 17.6. The van der Waals surface area contributed by atoms with E-state index in [0.717, 1.165) is 27.3 Å². The SMILES string of the molecule is O=C(/C=C/c1cc(CO)cs1)NCc1cn[nH]c1-c1ccc(F)cc1. The van der Waals surface area contributed by atoms with Crippen molar-refractivity contribution in [3.63, 3.8) is 0 Å². The average Bonchev–Trinajstić information content (AvgIpc) is 3.28. The molecule has 0 bridgehead atoms. The number of amides is 1. The number of halogens is 1. The highest BCUT2D eigenvalue weighted by Crippen LogP contribution is 2.21. The number of aliphatic hydroxyl groups is 1. The van der Waals surface area contributed by atoms with Crippen LogP contribution in [0.3, 0.4) is 0 Å². The molecule has 1 aromatic carbocycles. The van der Waals surface area contributed by atoms with Gasteiger partial charge in [-0.3, -0.25) is 9.89 Å². The Balaban J connectivity index is 1.61. The summed E-state index contributed by atoms with van der Waals surface area (Å²) >= 11 is 1.46. The maximum atomic E-state index is 13.0. The van der Waals surface area contributed by atoms with Gasteiger partial charge >= 0.3 is 0 Å². The summed E-state index contributed by atoms with van der Waals surface area (Å²) in [6.07, 6.45) is 4.79. The zero-order valence-corrected chi connectivity index (χ0v) is 14.0. The smallest absolute Gasteiger partial charge is 0.244 e. The predicted molar refractivity (Wildman–Crippen MR) is 95.1 cm³/mol. The van der Waals surface area contributed by atoms with Crippen LogP contribution in [-0.4, -0.2) is 21.2 Å². The van der Waals surface area contributed by atoms with Crippen LogP contribution in [-0.2, 0) is 17.9 Å². The summed E-state index contributed by atoms with van der Waals surface area (Å²) in [6, 6.07) is 7.90. The largest absolute Gasteiger partial charge is 0.392 e. The first-order valence-corrected chi connectivity index (χ1v) is 8.46. The second kappa shape index (κ2) is 7.87.